The number of hydrogen-bond donors (Lipinski definition) is 5. The average Bonchev–Trinajstić information content (AvgIpc) is 3.27. The quantitative estimate of drug-likeness (QED) is 0.0168. The van der Waals surface area contributed by atoms with Crippen LogP contribution < -0.4 is 0 Å². The van der Waals surface area contributed by atoms with Gasteiger partial charge in [0.05, 0.1) is 26.4 Å². The van der Waals surface area contributed by atoms with Gasteiger partial charge < -0.3 is 34.6 Å². The molecule has 15 nitrogen and oxygen atoms in total. The molecule has 5 unspecified atom stereocenters. The van der Waals surface area contributed by atoms with Gasteiger partial charge in [-0.2, -0.15) is 0 Å². The van der Waals surface area contributed by atoms with E-state index in [0.29, 0.717) is 12.8 Å². The Morgan fingerprint density at radius 2 is 0.672 bits per heavy atom. The van der Waals surface area contributed by atoms with Crippen LogP contribution in [-0.2, 0) is 46.3 Å². The van der Waals surface area contributed by atoms with Crippen LogP contribution in [0, 0.1) is 0 Å². The van der Waals surface area contributed by atoms with Gasteiger partial charge in [0.1, 0.15) is 31.5 Å². The Morgan fingerprint density at radius 1 is 0.406 bits per heavy atom. The second kappa shape index (κ2) is 41.9. The molecule has 0 bridgehead atoms. The zero-order chi connectivity index (χ0) is 47.4. The largest absolute Gasteiger partial charge is 0.472 e. The van der Waals surface area contributed by atoms with E-state index in [2.05, 4.69) is 44.1 Å². The summed E-state index contributed by atoms with van der Waals surface area (Å²) in [4.78, 5) is 43.6. The third-order valence-electron chi connectivity index (χ3n) is 7.89. The van der Waals surface area contributed by atoms with Crippen molar-refractivity contribution in [1.29, 1.82) is 0 Å². The molecule has 0 fully saturated rings. The van der Waals surface area contributed by atoms with Gasteiger partial charge in [-0.1, -0.05) is 160 Å². The number of carbonyl (C=O) groups is 2. The highest BCUT2D eigenvalue weighted by atomic mass is 31.2. The summed E-state index contributed by atoms with van der Waals surface area (Å²) < 4.78 is 52.8. The number of rotatable bonds is 39. The van der Waals surface area contributed by atoms with Crippen molar-refractivity contribution >= 4 is 27.6 Å². The van der Waals surface area contributed by atoms with E-state index in [1.807, 2.05) is 122 Å². The van der Waals surface area contributed by atoms with Crippen LogP contribution in [0.3, 0.4) is 0 Å². The van der Waals surface area contributed by atoms with E-state index in [0.717, 1.165) is 51.4 Å². The summed E-state index contributed by atoms with van der Waals surface area (Å²) in [7, 11) is -9.61. The summed E-state index contributed by atoms with van der Waals surface area (Å²) in [6, 6.07) is 0. The normalized spacial score (nSPS) is 16.4. The highest BCUT2D eigenvalue weighted by Crippen LogP contribution is 2.45. The molecule has 17 heteroatoms. The maximum absolute atomic E-state index is 12.1. The molecule has 0 heterocycles. The molecule has 0 rings (SSSR count). The van der Waals surface area contributed by atoms with Gasteiger partial charge in [0.2, 0.25) is 0 Å². The van der Waals surface area contributed by atoms with Crippen LogP contribution in [0.5, 0.6) is 0 Å². The molecule has 0 aliphatic carbocycles. The summed E-state index contributed by atoms with van der Waals surface area (Å²) in [5.41, 5.74) is 0. The number of unbranched alkanes of at least 4 members (excludes halogenated alkanes) is 6. The van der Waals surface area contributed by atoms with Crippen molar-refractivity contribution in [1.82, 2.24) is 0 Å². The lowest BCUT2D eigenvalue weighted by atomic mass is 10.1. The lowest BCUT2D eigenvalue weighted by molar-refractivity contribution is -0.148. The first-order chi connectivity index (χ1) is 30.8. The average molecular weight is 939 g/mol. The van der Waals surface area contributed by atoms with Crippen LogP contribution in [-0.4, -0.2) is 95.0 Å². The molecule has 0 saturated heterocycles. The Bertz CT molecular complexity index is 1660. The van der Waals surface area contributed by atoms with Gasteiger partial charge in [0, 0.05) is 12.8 Å². The third-order valence-corrected chi connectivity index (χ3v) is 9.79. The van der Waals surface area contributed by atoms with Crippen molar-refractivity contribution in [2.75, 3.05) is 39.6 Å². The smallest absolute Gasteiger partial charge is 0.463 e. The fraction of sp³-hybridized carbons (Fsp3) is 0.489. The van der Waals surface area contributed by atoms with Crippen molar-refractivity contribution in [2.45, 2.75) is 109 Å². The van der Waals surface area contributed by atoms with Crippen LogP contribution in [0.15, 0.2) is 134 Å². The summed E-state index contributed by atoms with van der Waals surface area (Å²) in [6.45, 7) is -0.0444. The van der Waals surface area contributed by atoms with Crippen molar-refractivity contribution < 1.29 is 71.4 Å². The van der Waals surface area contributed by atoms with Crippen molar-refractivity contribution in [2.24, 2.45) is 0 Å². The highest BCUT2D eigenvalue weighted by Gasteiger charge is 2.28. The third kappa shape index (κ3) is 43.4. The highest BCUT2D eigenvalue weighted by molar-refractivity contribution is 7.47. The molecule has 64 heavy (non-hydrogen) atoms. The molecule has 0 aromatic rings. The Hall–Kier alpha value is -3.82. The van der Waals surface area contributed by atoms with E-state index in [-0.39, 0.29) is 12.8 Å². The van der Waals surface area contributed by atoms with E-state index in [1.165, 1.54) is 0 Å². The van der Waals surface area contributed by atoms with Gasteiger partial charge in [-0.25, -0.2) is 9.13 Å². The second-order valence-corrected chi connectivity index (χ2v) is 16.8. The summed E-state index contributed by atoms with van der Waals surface area (Å²) in [5, 5.41) is 30.0. The fourth-order valence-corrected chi connectivity index (χ4v) is 6.15. The SMILES string of the molecule is CC\C=C/C=C/C=C/C=C\C=C\C=C\CCCCCC(=O)OCC(O)COP(=O)(O)OCC(O)COP(=O)(O)OCC(O)COC(=O)CCCCC/C=C/C=C\C=C/C=C/C=C/CC. The number of phosphoric ester groups is 2. The molecule has 5 atom stereocenters. The molecule has 0 aromatic carbocycles. The standard InChI is InChI=1S/C47H72O15P2/c1-3-5-7-9-11-13-15-17-19-20-22-24-26-28-30-32-34-36-47(52)58-38-44(49)40-60-64(55,56)62-42-45(50)41-61-63(53,54)59-39-43(48)37-57-46(51)35-33-31-29-27-25-23-21-18-16-14-12-10-8-6-4-2/h5-26,43-45,48-50H,3-4,27-42H2,1-2H3,(H,53,54)(H,55,56)/b7-5-,8-6+,11-9+,12-10+,15-13+,16-14-,19-17-,21-18-,22-20+,25-23+,26-24+. The number of hydrogen-bond acceptors (Lipinski definition) is 13. The Morgan fingerprint density at radius 3 is 0.969 bits per heavy atom. The van der Waals surface area contributed by atoms with Crippen LogP contribution >= 0.6 is 15.6 Å². The van der Waals surface area contributed by atoms with Crippen molar-refractivity contribution in [3.05, 3.63) is 134 Å². The van der Waals surface area contributed by atoms with E-state index in [1.54, 1.807) is 0 Å². The van der Waals surface area contributed by atoms with Gasteiger partial charge in [-0.15, -0.1) is 0 Å². The molecule has 0 saturated carbocycles. The molecule has 0 amide bonds. The van der Waals surface area contributed by atoms with Gasteiger partial charge in [0.15, 0.2) is 0 Å². The molecule has 0 aliphatic rings. The zero-order valence-electron chi connectivity index (χ0n) is 37.4. The maximum Gasteiger partial charge on any atom is 0.472 e. The van der Waals surface area contributed by atoms with E-state index >= 15 is 0 Å². The topological polar surface area (TPSA) is 225 Å². The number of ether oxygens (including phenoxy) is 2. The van der Waals surface area contributed by atoms with Crippen LogP contribution in [0.2, 0.25) is 0 Å². The minimum Gasteiger partial charge on any atom is -0.463 e. The number of aliphatic hydroxyl groups excluding tert-OH is 3. The molecule has 5 N–H and O–H groups in total. The monoisotopic (exact) mass is 938 g/mol. The fourth-order valence-electron chi connectivity index (χ4n) is 4.56. The molecule has 0 spiro atoms. The van der Waals surface area contributed by atoms with Gasteiger partial charge in [-0.05, 0) is 51.4 Å². The van der Waals surface area contributed by atoms with Crippen LogP contribution in [0.25, 0.3) is 0 Å². The zero-order valence-corrected chi connectivity index (χ0v) is 39.2. The Labute approximate surface area is 380 Å². The Kier molecular flexibility index (Phi) is 39.4. The minimum absolute atomic E-state index is 0.136. The van der Waals surface area contributed by atoms with Crippen LogP contribution in [0.1, 0.15) is 90.9 Å². The number of aliphatic hydroxyl groups is 3. The molecule has 360 valence electrons. The van der Waals surface area contributed by atoms with E-state index in [9.17, 15) is 43.8 Å². The van der Waals surface area contributed by atoms with E-state index < -0.39 is 85.5 Å². The first kappa shape index (κ1) is 60.2. The van der Waals surface area contributed by atoms with Crippen molar-refractivity contribution in [3.8, 4) is 0 Å². The predicted molar refractivity (Wildman–Crippen MR) is 251 cm³/mol. The van der Waals surface area contributed by atoms with Gasteiger partial charge >= 0.3 is 27.6 Å². The number of phosphoric acid groups is 2. The molecule has 0 aliphatic heterocycles. The second-order valence-electron chi connectivity index (χ2n) is 13.9. The lowest BCUT2D eigenvalue weighted by Gasteiger charge is -2.19. The van der Waals surface area contributed by atoms with Crippen LogP contribution in [0.4, 0.5) is 0 Å². The van der Waals surface area contributed by atoms with E-state index in [4.69, 9.17) is 9.47 Å². The summed E-state index contributed by atoms with van der Waals surface area (Å²) >= 11 is 0. The molecule has 0 aromatic heterocycles. The van der Waals surface area contributed by atoms with Crippen molar-refractivity contribution in [3.63, 3.8) is 0 Å². The molecular formula is C47H72O15P2. The Balaban J connectivity index is 4.06. The van der Waals surface area contributed by atoms with Gasteiger partial charge in [0.25, 0.3) is 0 Å². The summed E-state index contributed by atoms with van der Waals surface area (Å²) in [5.74, 6) is -1.09. The minimum atomic E-state index is -4.81. The first-order valence-electron chi connectivity index (χ1n) is 21.7. The maximum atomic E-state index is 12.1. The van der Waals surface area contributed by atoms with Gasteiger partial charge in [-0.3, -0.25) is 27.7 Å². The molecule has 0 radical (unpaired) electrons. The molecular weight excluding hydrogens is 866 g/mol. The number of esters is 2. The number of allylic oxidation sites excluding steroid dienone is 22. The lowest BCUT2D eigenvalue weighted by Crippen LogP contribution is -2.25. The number of carbonyl (C=O) groups excluding carboxylic acids is 2. The summed E-state index contributed by atoms with van der Waals surface area (Å²) in [6.07, 6.45) is 47.3. The first-order valence-corrected chi connectivity index (χ1v) is 24.7. The predicted octanol–water partition coefficient (Wildman–Crippen LogP) is 9.26.